The molecule has 3 atom stereocenters. The van der Waals surface area contributed by atoms with Crippen LogP contribution in [0.4, 0.5) is 0 Å². The number of rotatable bonds is 3. The smallest absolute Gasteiger partial charge is 0.226 e. The van der Waals surface area contributed by atoms with Gasteiger partial charge in [-0.2, -0.15) is 0 Å². The van der Waals surface area contributed by atoms with Crippen molar-refractivity contribution in [1.29, 1.82) is 0 Å². The molecule has 2 heterocycles. The first-order valence-corrected chi connectivity index (χ1v) is 7.45. The SMILES string of the molecule is Cc1cccc(OC2CN(C(=O)C3[C@H]4CNC[C@@H]34)C2)c1. The second-order valence-electron chi connectivity index (χ2n) is 6.31. The van der Waals surface area contributed by atoms with E-state index in [-0.39, 0.29) is 6.10 Å². The molecule has 0 radical (unpaired) electrons. The Morgan fingerprint density at radius 1 is 1.30 bits per heavy atom. The number of hydrogen-bond donors (Lipinski definition) is 1. The molecule has 4 rings (SSSR count). The number of ether oxygens (including phenoxy) is 1. The Bertz CT molecular complexity index is 529. The number of fused-ring (bicyclic) bond motifs is 1. The van der Waals surface area contributed by atoms with Gasteiger partial charge in [0.25, 0.3) is 0 Å². The van der Waals surface area contributed by atoms with Crippen LogP contribution in [0, 0.1) is 24.7 Å². The van der Waals surface area contributed by atoms with E-state index in [1.165, 1.54) is 5.56 Å². The molecule has 1 unspecified atom stereocenters. The second-order valence-corrected chi connectivity index (χ2v) is 6.31. The molecule has 1 saturated carbocycles. The highest BCUT2D eigenvalue weighted by Crippen LogP contribution is 2.50. The fraction of sp³-hybridized carbons (Fsp3) is 0.562. The number of likely N-dealkylation sites (tertiary alicyclic amines) is 1. The zero-order valence-electron chi connectivity index (χ0n) is 11.7. The third-order valence-corrected chi connectivity index (χ3v) is 4.83. The van der Waals surface area contributed by atoms with Gasteiger partial charge in [0, 0.05) is 5.92 Å². The normalized spacial score (nSPS) is 31.6. The van der Waals surface area contributed by atoms with Crippen LogP contribution < -0.4 is 10.1 Å². The average Bonchev–Trinajstić information content (AvgIpc) is 2.86. The number of aryl methyl sites for hydroxylation is 1. The van der Waals surface area contributed by atoms with Crippen LogP contribution in [0.25, 0.3) is 0 Å². The minimum absolute atomic E-state index is 0.164. The molecular weight excluding hydrogens is 252 g/mol. The van der Waals surface area contributed by atoms with E-state index in [1.807, 2.05) is 23.1 Å². The van der Waals surface area contributed by atoms with E-state index in [4.69, 9.17) is 4.74 Å². The Labute approximate surface area is 119 Å². The molecule has 0 spiro atoms. The lowest BCUT2D eigenvalue weighted by atomic mass is 10.1. The summed E-state index contributed by atoms with van der Waals surface area (Å²) < 4.78 is 5.90. The fourth-order valence-electron chi connectivity index (χ4n) is 3.57. The first-order valence-electron chi connectivity index (χ1n) is 7.45. The highest BCUT2D eigenvalue weighted by atomic mass is 16.5. The summed E-state index contributed by atoms with van der Waals surface area (Å²) in [6.07, 6.45) is 0.164. The minimum Gasteiger partial charge on any atom is -0.487 e. The van der Waals surface area contributed by atoms with Crippen molar-refractivity contribution in [3.63, 3.8) is 0 Å². The largest absolute Gasteiger partial charge is 0.487 e. The van der Waals surface area contributed by atoms with Crippen molar-refractivity contribution >= 4 is 5.91 Å². The van der Waals surface area contributed by atoms with Gasteiger partial charge in [-0.25, -0.2) is 0 Å². The Hall–Kier alpha value is -1.55. The summed E-state index contributed by atoms with van der Waals surface area (Å²) >= 11 is 0. The number of nitrogens with one attached hydrogen (secondary N) is 1. The quantitative estimate of drug-likeness (QED) is 0.894. The van der Waals surface area contributed by atoms with Crippen LogP contribution in [0.1, 0.15) is 5.56 Å². The summed E-state index contributed by atoms with van der Waals surface area (Å²) in [5, 5.41) is 3.33. The van der Waals surface area contributed by atoms with Gasteiger partial charge in [-0.15, -0.1) is 0 Å². The number of amides is 1. The third kappa shape index (κ3) is 1.99. The number of piperidine rings is 1. The van der Waals surface area contributed by atoms with E-state index in [9.17, 15) is 4.79 Å². The summed E-state index contributed by atoms with van der Waals surface area (Å²) in [7, 11) is 0. The van der Waals surface area contributed by atoms with E-state index < -0.39 is 0 Å². The van der Waals surface area contributed by atoms with Crippen molar-refractivity contribution in [2.75, 3.05) is 26.2 Å². The van der Waals surface area contributed by atoms with Gasteiger partial charge in [-0.05, 0) is 49.5 Å². The van der Waals surface area contributed by atoms with Crippen molar-refractivity contribution in [3.05, 3.63) is 29.8 Å². The van der Waals surface area contributed by atoms with Crippen molar-refractivity contribution in [2.45, 2.75) is 13.0 Å². The van der Waals surface area contributed by atoms with Crippen LogP contribution >= 0.6 is 0 Å². The van der Waals surface area contributed by atoms with Crippen molar-refractivity contribution in [2.24, 2.45) is 17.8 Å². The maximum Gasteiger partial charge on any atom is 0.226 e. The van der Waals surface area contributed by atoms with Gasteiger partial charge < -0.3 is 15.0 Å². The van der Waals surface area contributed by atoms with Crippen LogP contribution in [-0.4, -0.2) is 43.1 Å². The second kappa shape index (κ2) is 4.48. The predicted octanol–water partition coefficient (Wildman–Crippen LogP) is 1.05. The molecule has 0 bridgehead atoms. The maximum atomic E-state index is 12.3. The third-order valence-electron chi connectivity index (χ3n) is 4.83. The maximum absolute atomic E-state index is 12.3. The standard InChI is InChI=1S/C16H20N2O2/c1-10-3-2-4-11(5-10)20-12-8-18(9-12)16(19)15-13-6-17-7-14(13)15/h2-5,12-15,17H,6-9H2,1H3/t13-,14+,15?. The van der Waals surface area contributed by atoms with Gasteiger partial charge in [-0.1, -0.05) is 12.1 Å². The minimum atomic E-state index is 0.164. The summed E-state index contributed by atoms with van der Waals surface area (Å²) in [4.78, 5) is 14.3. The molecule has 0 aromatic heterocycles. The highest BCUT2D eigenvalue weighted by Gasteiger charge is 2.58. The molecule has 2 saturated heterocycles. The molecule has 1 aromatic rings. The topological polar surface area (TPSA) is 41.6 Å². The van der Waals surface area contributed by atoms with Crippen LogP contribution in [0.3, 0.4) is 0 Å². The molecule has 1 aliphatic carbocycles. The summed E-state index contributed by atoms with van der Waals surface area (Å²) in [5.41, 5.74) is 1.20. The van der Waals surface area contributed by atoms with Gasteiger partial charge in [-0.3, -0.25) is 4.79 Å². The molecule has 3 fully saturated rings. The lowest BCUT2D eigenvalue weighted by molar-refractivity contribution is -0.142. The van der Waals surface area contributed by atoms with Crippen molar-refractivity contribution in [1.82, 2.24) is 10.2 Å². The van der Waals surface area contributed by atoms with E-state index in [1.54, 1.807) is 0 Å². The Morgan fingerprint density at radius 2 is 2.05 bits per heavy atom. The Morgan fingerprint density at radius 3 is 2.75 bits per heavy atom. The molecule has 20 heavy (non-hydrogen) atoms. The summed E-state index contributed by atoms with van der Waals surface area (Å²) in [6.45, 7) is 5.60. The number of carbonyl (C=O) groups excluding carboxylic acids is 1. The molecule has 1 N–H and O–H groups in total. The number of nitrogens with zero attached hydrogens (tertiary/aromatic N) is 1. The van der Waals surface area contributed by atoms with Gasteiger partial charge in [0.2, 0.25) is 5.91 Å². The van der Waals surface area contributed by atoms with Crippen LogP contribution in [0.5, 0.6) is 5.75 Å². The van der Waals surface area contributed by atoms with Gasteiger partial charge in [0.05, 0.1) is 13.1 Å². The zero-order chi connectivity index (χ0) is 13.7. The van der Waals surface area contributed by atoms with Gasteiger partial charge in [0.15, 0.2) is 0 Å². The first-order chi connectivity index (χ1) is 9.72. The number of carbonyl (C=O) groups is 1. The van der Waals surface area contributed by atoms with Crippen LogP contribution in [0.15, 0.2) is 24.3 Å². The molecule has 1 aromatic carbocycles. The number of hydrogen-bond acceptors (Lipinski definition) is 3. The molecule has 4 nitrogen and oxygen atoms in total. The number of benzene rings is 1. The van der Waals surface area contributed by atoms with E-state index in [0.29, 0.717) is 23.7 Å². The summed E-state index contributed by atoms with van der Waals surface area (Å²) in [6, 6.07) is 8.09. The Balaban J connectivity index is 1.28. The predicted molar refractivity (Wildman–Crippen MR) is 75.5 cm³/mol. The molecule has 3 aliphatic rings. The Kier molecular flexibility index (Phi) is 2.74. The monoisotopic (exact) mass is 272 g/mol. The lowest BCUT2D eigenvalue weighted by Gasteiger charge is -2.39. The van der Waals surface area contributed by atoms with E-state index in [2.05, 4.69) is 18.3 Å². The molecule has 106 valence electrons. The van der Waals surface area contributed by atoms with Crippen LogP contribution in [-0.2, 0) is 4.79 Å². The van der Waals surface area contributed by atoms with Crippen molar-refractivity contribution < 1.29 is 9.53 Å². The lowest BCUT2D eigenvalue weighted by Crippen LogP contribution is -2.57. The van der Waals surface area contributed by atoms with Gasteiger partial charge >= 0.3 is 0 Å². The van der Waals surface area contributed by atoms with Crippen LogP contribution in [0.2, 0.25) is 0 Å². The fourth-order valence-corrected chi connectivity index (χ4v) is 3.57. The zero-order valence-corrected chi connectivity index (χ0v) is 11.7. The van der Waals surface area contributed by atoms with Crippen molar-refractivity contribution in [3.8, 4) is 5.75 Å². The molecule has 1 amide bonds. The van der Waals surface area contributed by atoms with E-state index in [0.717, 1.165) is 31.9 Å². The molecule has 2 aliphatic heterocycles. The summed E-state index contributed by atoms with van der Waals surface area (Å²) in [5.74, 6) is 2.79. The van der Waals surface area contributed by atoms with E-state index >= 15 is 0 Å². The highest BCUT2D eigenvalue weighted by molar-refractivity contribution is 5.83. The first kappa shape index (κ1) is 12.2. The molecular formula is C16H20N2O2. The average molecular weight is 272 g/mol. The molecule has 4 heteroatoms. The van der Waals surface area contributed by atoms with Gasteiger partial charge in [0.1, 0.15) is 11.9 Å².